The van der Waals surface area contributed by atoms with E-state index >= 15 is 0 Å². The Kier molecular flexibility index (Phi) is 2.63. The summed E-state index contributed by atoms with van der Waals surface area (Å²) in [6.07, 6.45) is 0.891. The first-order valence-electron chi connectivity index (χ1n) is 4.15. The van der Waals surface area contributed by atoms with Crippen LogP contribution in [0.3, 0.4) is 0 Å². The summed E-state index contributed by atoms with van der Waals surface area (Å²) in [7, 11) is 3.97. The molecule has 3 heteroatoms. The Labute approximate surface area is 73.5 Å². The Morgan fingerprint density at radius 1 is 1.33 bits per heavy atom. The summed E-state index contributed by atoms with van der Waals surface area (Å²) in [5.41, 5.74) is 1.03. The lowest BCUT2D eigenvalue weighted by Gasteiger charge is -2.12. The summed E-state index contributed by atoms with van der Waals surface area (Å²) >= 11 is 0. The monoisotopic (exact) mass is 165 g/mol. The standard InChI is InChI=1S/C9H15N3/c1-5-8-10-7(2)6-9(11-8)12(3)4/h6H,5H2,1-4H3. The fourth-order valence-electron chi connectivity index (χ4n) is 0.999. The molecule has 0 aliphatic rings. The van der Waals surface area contributed by atoms with Crippen LogP contribution in [0, 0.1) is 6.92 Å². The van der Waals surface area contributed by atoms with Crippen LogP contribution in [0.25, 0.3) is 0 Å². The molecular formula is C9H15N3. The first-order chi connectivity index (χ1) is 5.63. The van der Waals surface area contributed by atoms with Crippen LogP contribution >= 0.6 is 0 Å². The van der Waals surface area contributed by atoms with Gasteiger partial charge in [0.15, 0.2) is 0 Å². The predicted molar refractivity (Wildman–Crippen MR) is 50.5 cm³/mol. The fourth-order valence-corrected chi connectivity index (χ4v) is 0.999. The summed E-state index contributed by atoms with van der Waals surface area (Å²) < 4.78 is 0. The van der Waals surface area contributed by atoms with Crippen LogP contribution in [0.2, 0.25) is 0 Å². The molecule has 0 saturated carbocycles. The fraction of sp³-hybridized carbons (Fsp3) is 0.556. The maximum Gasteiger partial charge on any atom is 0.131 e. The molecule has 0 N–H and O–H groups in total. The smallest absolute Gasteiger partial charge is 0.131 e. The van der Waals surface area contributed by atoms with Crippen LogP contribution in [-0.2, 0) is 6.42 Å². The summed E-state index contributed by atoms with van der Waals surface area (Å²) in [6, 6.07) is 1.99. The van der Waals surface area contributed by atoms with Gasteiger partial charge in [0.25, 0.3) is 0 Å². The van der Waals surface area contributed by atoms with E-state index in [0.29, 0.717) is 0 Å². The third kappa shape index (κ3) is 1.94. The van der Waals surface area contributed by atoms with Crippen LogP contribution in [-0.4, -0.2) is 24.1 Å². The average Bonchev–Trinajstić information content (AvgIpc) is 2.03. The SMILES string of the molecule is CCc1nc(C)cc(N(C)C)n1. The number of hydrogen-bond donors (Lipinski definition) is 0. The second-order valence-electron chi connectivity index (χ2n) is 3.03. The van der Waals surface area contributed by atoms with E-state index in [9.17, 15) is 0 Å². The van der Waals surface area contributed by atoms with Gasteiger partial charge in [-0.05, 0) is 6.92 Å². The van der Waals surface area contributed by atoms with Gasteiger partial charge in [-0.3, -0.25) is 0 Å². The molecule has 66 valence electrons. The molecule has 0 aliphatic heterocycles. The Balaban J connectivity index is 3.06. The Bertz CT molecular complexity index is 268. The second kappa shape index (κ2) is 3.52. The van der Waals surface area contributed by atoms with Crippen molar-refractivity contribution < 1.29 is 0 Å². The van der Waals surface area contributed by atoms with Crippen molar-refractivity contribution in [2.45, 2.75) is 20.3 Å². The van der Waals surface area contributed by atoms with Crippen LogP contribution in [0.5, 0.6) is 0 Å². The highest BCUT2D eigenvalue weighted by molar-refractivity contribution is 5.37. The first-order valence-corrected chi connectivity index (χ1v) is 4.15. The summed E-state index contributed by atoms with van der Waals surface area (Å²) in [4.78, 5) is 10.7. The highest BCUT2D eigenvalue weighted by Gasteiger charge is 2.00. The van der Waals surface area contributed by atoms with Crippen molar-refractivity contribution in [3.8, 4) is 0 Å². The van der Waals surface area contributed by atoms with Crippen molar-refractivity contribution in [3.05, 3.63) is 17.6 Å². The van der Waals surface area contributed by atoms with Gasteiger partial charge >= 0.3 is 0 Å². The van der Waals surface area contributed by atoms with E-state index in [0.717, 1.165) is 23.8 Å². The van der Waals surface area contributed by atoms with Gasteiger partial charge in [-0.15, -0.1) is 0 Å². The highest BCUT2D eigenvalue weighted by atomic mass is 15.1. The zero-order valence-electron chi connectivity index (χ0n) is 8.13. The molecule has 0 aromatic carbocycles. The van der Waals surface area contributed by atoms with Crippen molar-refractivity contribution in [3.63, 3.8) is 0 Å². The van der Waals surface area contributed by atoms with E-state index in [1.165, 1.54) is 0 Å². The molecule has 0 radical (unpaired) electrons. The molecule has 12 heavy (non-hydrogen) atoms. The molecular weight excluding hydrogens is 150 g/mol. The van der Waals surface area contributed by atoms with Crippen LogP contribution < -0.4 is 4.90 Å². The average molecular weight is 165 g/mol. The Hall–Kier alpha value is -1.12. The zero-order chi connectivity index (χ0) is 9.14. The minimum atomic E-state index is 0.891. The third-order valence-corrected chi connectivity index (χ3v) is 1.66. The van der Waals surface area contributed by atoms with Gasteiger partial charge in [-0.25, -0.2) is 9.97 Å². The van der Waals surface area contributed by atoms with Crippen LogP contribution in [0.1, 0.15) is 18.4 Å². The van der Waals surface area contributed by atoms with Gasteiger partial charge in [-0.1, -0.05) is 6.92 Å². The first kappa shape index (κ1) is 8.97. The number of nitrogens with zero attached hydrogens (tertiary/aromatic N) is 3. The zero-order valence-corrected chi connectivity index (χ0v) is 8.13. The lowest BCUT2D eigenvalue weighted by Crippen LogP contribution is -2.12. The molecule has 3 nitrogen and oxygen atoms in total. The number of rotatable bonds is 2. The highest BCUT2D eigenvalue weighted by Crippen LogP contribution is 2.08. The molecule has 0 amide bonds. The molecule has 0 saturated heterocycles. The van der Waals surface area contributed by atoms with E-state index in [2.05, 4.69) is 16.9 Å². The van der Waals surface area contributed by atoms with Gasteiger partial charge in [-0.2, -0.15) is 0 Å². The van der Waals surface area contributed by atoms with Gasteiger partial charge in [0, 0.05) is 32.3 Å². The summed E-state index contributed by atoms with van der Waals surface area (Å²) in [6.45, 7) is 4.06. The molecule has 0 spiro atoms. The van der Waals surface area contributed by atoms with E-state index in [-0.39, 0.29) is 0 Å². The topological polar surface area (TPSA) is 29.0 Å². The van der Waals surface area contributed by atoms with Crippen molar-refractivity contribution in [2.75, 3.05) is 19.0 Å². The molecule has 0 unspecified atom stereocenters. The molecule has 1 aromatic rings. The molecule has 1 rings (SSSR count). The number of hydrogen-bond acceptors (Lipinski definition) is 3. The summed E-state index contributed by atoms with van der Waals surface area (Å²) in [5.74, 6) is 1.90. The maximum absolute atomic E-state index is 4.37. The molecule has 1 heterocycles. The Morgan fingerprint density at radius 2 is 2.00 bits per heavy atom. The van der Waals surface area contributed by atoms with Crippen molar-refractivity contribution in [1.29, 1.82) is 0 Å². The van der Waals surface area contributed by atoms with Gasteiger partial charge in [0.05, 0.1) is 0 Å². The summed E-state index contributed by atoms with van der Waals surface area (Å²) in [5, 5.41) is 0. The van der Waals surface area contributed by atoms with Gasteiger partial charge in [0.2, 0.25) is 0 Å². The number of anilines is 1. The molecule has 0 bridgehead atoms. The number of aromatic nitrogens is 2. The minimum absolute atomic E-state index is 0.891. The van der Waals surface area contributed by atoms with Crippen molar-refractivity contribution >= 4 is 5.82 Å². The second-order valence-corrected chi connectivity index (χ2v) is 3.03. The van der Waals surface area contributed by atoms with Gasteiger partial charge < -0.3 is 4.90 Å². The van der Waals surface area contributed by atoms with Gasteiger partial charge in [0.1, 0.15) is 11.6 Å². The molecule has 0 fully saturated rings. The molecule has 0 aliphatic carbocycles. The van der Waals surface area contributed by atoms with E-state index in [4.69, 9.17) is 0 Å². The van der Waals surface area contributed by atoms with Crippen molar-refractivity contribution in [2.24, 2.45) is 0 Å². The minimum Gasteiger partial charge on any atom is -0.363 e. The largest absolute Gasteiger partial charge is 0.363 e. The normalized spacial score (nSPS) is 10.0. The molecule has 0 atom stereocenters. The third-order valence-electron chi connectivity index (χ3n) is 1.66. The van der Waals surface area contributed by atoms with Crippen LogP contribution in [0.4, 0.5) is 5.82 Å². The quantitative estimate of drug-likeness (QED) is 0.663. The van der Waals surface area contributed by atoms with E-state index < -0.39 is 0 Å². The Morgan fingerprint density at radius 3 is 2.50 bits per heavy atom. The predicted octanol–water partition coefficient (Wildman–Crippen LogP) is 1.41. The molecule has 1 aromatic heterocycles. The lowest BCUT2D eigenvalue weighted by molar-refractivity contribution is 0.897. The van der Waals surface area contributed by atoms with Crippen molar-refractivity contribution in [1.82, 2.24) is 9.97 Å². The maximum atomic E-state index is 4.37. The van der Waals surface area contributed by atoms with Crippen LogP contribution in [0.15, 0.2) is 6.07 Å². The van der Waals surface area contributed by atoms with E-state index in [1.54, 1.807) is 0 Å². The number of aryl methyl sites for hydroxylation is 2. The van der Waals surface area contributed by atoms with E-state index in [1.807, 2.05) is 32.0 Å². The lowest BCUT2D eigenvalue weighted by atomic mass is 10.3.